The molecule has 0 aromatic carbocycles. The second kappa shape index (κ2) is 6.44. The van der Waals surface area contributed by atoms with Crippen molar-refractivity contribution in [3.63, 3.8) is 0 Å². The standard InChI is InChI=1S/C11H20N2O/c1-5-7-9(4)13-11(14)10(12)8(3)6-2/h1,8-10H,6-7,12H2,2-4H3,(H,13,14)/t8-,9?,10-/m0/s1. The second-order valence-corrected chi connectivity index (χ2v) is 3.73. The van der Waals surface area contributed by atoms with Gasteiger partial charge in [0.2, 0.25) is 5.91 Å². The van der Waals surface area contributed by atoms with Crippen LogP contribution in [0, 0.1) is 18.3 Å². The molecule has 1 amide bonds. The fraction of sp³-hybridized carbons (Fsp3) is 0.727. The summed E-state index contributed by atoms with van der Waals surface area (Å²) in [6, 6.07) is -0.428. The Kier molecular flexibility index (Phi) is 5.98. The third kappa shape index (κ3) is 4.29. The summed E-state index contributed by atoms with van der Waals surface area (Å²) in [6.45, 7) is 5.86. The summed E-state index contributed by atoms with van der Waals surface area (Å²) >= 11 is 0. The lowest BCUT2D eigenvalue weighted by Crippen LogP contribution is -2.47. The summed E-state index contributed by atoms with van der Waals surface area (Å²) in [7, 11) is 0. The molecule has 14 heavy (non-hydrogen) atoms. The third-order valence-corrected chi connectivity index (χ3v) is 2.37. The first kappa shape index (κ1) is 13.0. The molecule has 0 aliphatic carbocycles. The van der Waals surface area contributed by atoms with E-state index in [2.05, 4.69) is 11.2 Å². The summed E-state index contributed by atoms with van der Waals surface area (Å²) in [6.07, 6.45) is 6.58. The molecule has 0 saturated carbocycles. The van der Waals surface area contributed by atoms with Crippen molar-refractivity contribution in [3.05, 3.63) is 0 Å². The van der Waals surface area contributed by atoms with Crippen molar-refractivity contribution in [2.24, 2.45) is 11.7 Å². The van der Waals surface area contributed by atoms with Crippen LogP contribution in [0.25, 0.3) is 0 Å². The van der Waals surface area contributed by atoms with E-state index in [1.54, 1.807) is 0 Å². The largest absolute Gasteiger partial charge is 0.351 e. The first-order chi connectivity index (χ1) is 6.52. The van der Waals surface area contributed by atoms with Crippen LogP contribution in [0.15, 0.2) is 0 Å². The maximum absolute atomic E-state index is 11.5. The van der Waals surface area contributed by atoms with Gasteiger partial charge in [0.1, 0.15) is 0 Å². The minimum Gasteiger partial charge on any atom is -0.351 e. The van der Waals surface area contributed by atoms with Crippen LogP contribution in [0.1, 0.15) is 33.6 Å². The van der Waals surface area contributed by atoms with Crippen molar-refractivity contribution in [2.45, 2.75) is 45.7 Å². The van der Waals surface area contributed by atoms with Gasteiger partial charge in [0.05, 0.1) is 6.04 Å². The smallest absolute Gasteiger partial charge is 0.237 e. The minimum atomic E-state index is -0.430. The number of rotatable bonds is 5. The lowest BCUT2D eigenvalue weighted by Gasteiger charge is -2.20. The van der Waals surface area contributed by atoms with Gasteiger partial charge in [-0.05, 0) is 12.8 Å². The highest BCUT2D eigenvalue weighted by molar-refractivity contribution is 5.82. The van der Waals surface area contributed by atoms with Gasteiger partial charge in [-0.15, -0.1) is 12.3 Å². The van der Waals surface area contributed by atoms with Gasteiger partial charge < -0.3 is 11.1 Å². The predicted molar refractivity (Wildman–Crippen MR) is 58.5 cm³/mol. The first-order valence-electron chi connectivity index (χ1n) is 5.02. The van der Waals surface area contributed by atoms with E-state index in [0.717, 1.165) is 6.42 Å². The van der Waals surface area contributed by atoms with Gasteiger partial charge in [-0.1, -0.05) is 20.3 Å². The molecule has 0 aromatic rings. The molecule has 0 aromatic heterocycles. The summed E-state index contributed by atoms with van der Waals surface area (Å²) in [4.78, 5) is 11.5. The number of amides is 1. The number of hydrogen-bond acceptors (Lipinski definition) is 2. The molecule has 0 fully saturated rings. The number of nitrogens with two attached hydrogens (primary N) is 1. The average Bonchev–Trinajstić information content (AvgIpc) is 2.15. The Labute approximate surface area is 86.4 Å². The van der Waals surface area contributed by atoms with E-state index in [1.807, 2.05) is 20.8 Å². The molecule has 0 rings (SSSR count). The zero-order valence-corrected chi connectivity index (χ0v) is 9.21. The Morgan fingerprint density at radius 3 is 2.57 bits per heavy atom. The summed E-state index contributed by atoms with van der Waals surface area (Å²) in [5, 5.41) is 2.79. The van der Waals surface area contributed by atoms with Crippen molar-refractivity contribution in [3.8, 4) is 12.3 Å². The van der Waals surface area contributed by atoms with Crippen molar-refractivity contribution in [1.29, 1.82) is 0 Å². The Morgan fingerprint density at radius 1 is 1.57 bits per heavy atom. The maximum atomic E-state index is 11.5. The number of carbonyl (C=O) groups is 1. The molecule has 3 atom stereocenters. The van der Waals surface area contributed by atoms with E-state index in [9.17, 15) is 4.79 Å². The van der Waals surface area contributed by atoms with Crippen molar-refractivity contribution in [2.75, 3.05) is 0 Å². The van der Waals surface area contributed by atoms with E-state index in [1.165, 1.54) is 0 Å². The van der Waals surface area contributed by atoms with Gasteiger partial charge in [-0.25, -0.2) is 0 Å². The minimum absolute atomic E-state index is 0.00241. The van der Waals surface area contributed by atoms with Crippen LogP contribution >= 0.6 is 0 Å². The van der Waals surface area contributed by atoms with Gasteiger partial charge in [0.15, 0.2) is 0 Å². The molecule has 0 radical (unpaired) electrons. The fourth-order valence-electron chi connectivity index (χ4n) is 1.08. The molecule has 0 spiro atoms. The van der Waals surface area contributed by atoms with E-state index in [0.29, 0.717) is 6.42 Å². The Bertz CT molecular complexity index is 220. The highest BCUT2D eigenvalue weighted by Crippen LogP contribution is 2.05. The lowest BCUT2D eigenvalue weighted by atomic mass is 9.99. The summed E-state index contributed by atoms with van der Waals surface area (Å²) in [5.74, 6) is 2.59. The monoisotopic (exact) mass is 196 g/mol. The van der Waals surface area contributed by atoms with Crippen LogP contribution in [0.4, 0.5) is 0 Å². The molecule has 0 bridgehead atoms. The summed E-state index contributed by atoms with van der Waals surface area (Å²) in [5.41, 5.74) is 5.75. The van der Waals surface area contributed by atoms with Crippen LogP contribution in [-0.4, -0.2) is 18.0 Å². The third-order valence-electron chi connectivity index (χ3n) is 2.37. The predicted octanol–water partition coefficient (Wildman–Crippen LogP) is 0.888. The number of carbonyl (C=O) groups excluding carboxylic acids is 1. The van der Waals surface area contributed by atoms with Crippen LogP contribution in [0.3, 0.4) is 0 Å². The van der Waals surface area contributed by atoms with E-state index in [-0.39, 0.29) is 17.9 Å². The molecular weight excluding hydrogens is 176 g/mol. The second-order valence-electron chi connectivity index (χ2n) is 3.73. The number of terminal acetylenes is 1. The number of nitrogens with one attached hydrogen (secondary N) is 1. The van der Waals surface area contributed by atoms with Crippen LogP contribution in [0.5, 0.6) is 0 Å². The van der Waals surface area contributed by atoms with Crippen molar-refractivity contribution >= 4 is 5.91 Å². The molecule has 0 heterocycles. The van der Waals surface area contributed by atoms with Crippen LogP contribution < -0.4 is 11.1 Å². The number of hydrogen-bond donors (Lipinski definition) is 2. The Morgan fingerprint density at radius 2 is 2.14 bits per heavy atom. The van der Waals surface area contributed by atoms with E-state index >= 15 is 0 Å². The average molecular weight is 196 g/mol. The normalized spacial score (nSPS) is 16.5. The highest BCUT2D eigenvalue weighted by Gasteiger charge is 2.20. The molecule has 0 aliphatic heterocycles. The van der Waals surface area contributed by atoms with E-state index in [4.69, 9.17) is 12.2 Å². The quantitative estimate of drug-likeness (QED) is 0.642. The Balaban J connectivity index is 4.02. The van der Waals surface area contributed by atoms with Crippen LogP contribution in [0.2, 0.25) is 0 Å². The molecular formula is C11H20N2O. The molecule has 3 nitrogen and oxygen atoms in total. The van der Waals surface area contributed by atoms with Crippen molar-refractivity contribution in [1.82, 2.24) is 5.32 Å². The molecule has 0 aliphatic rings. The van der Waals surface area contributed by atoms with Gasteiger partial charge in [-0.2, -0.15) is 0 Å². The van der Waals surface area contributed by atoms with Crippen LogP contribution in [-0.2, 0) is 4.79 Å². The summed E-state index contributed by atoms with van der Waals surface area (Å²) < 4.78 is 0. The molecule has 1 unspecified atom stereocenters. The van der Waals surface area contributed by atoms with E-state index < -0.39 is 6.04 Å². The highest BCUT2D eigenvalue weighted by atomic mass is 16.2. The Hall–Kier alpha value is -1.01. The SMILES string of the molecule is C#CCC(C)NC(=O)[C@@H](N)[C@@H](C)CC. The zero-order chi connectivity index (χ0) is 11.1. The molecule has 0 saturated heterocycles. The lowest BCUT2D eigenvalue weighted by molar-refractivity contribution is -0.123. The van der Waals surface area contributed by atoms with Crippen molar-refractivity contribution < 1.29 is 4.79 Å². The molecule has 80 valence electrons. The first-order valence-corrected chi connectivity index (χ1v) is 5.02. The molecule has 3 N–H and O–H groups in total. The maximum Gasteiger partial charge on any atom is 0.237 e. The van der Waals surface area contributed by atoms with Gasteiger partial charge in [0, 0.05) is 12.5 Å². The fourth-order valence-corrected chi connectivity index (χ4v) is 1.08. The van der Waals surface area contributed by atoms with Gasteiger partial charge in [0.25, 0.3) is 0 Å². The van der Waals surface area contributed by atoms with Gasteiger partial charge >= 0.3 is 0 Å². The van der Waals surface area contributed by atoms with Gasteiger partial charge in [-0.3, -0.25) is 4.79 Å². The zero-order valence-electron chi connectivity index (χ0n) is 9.21. The molecule has 3 heteroatoms. The topological polar surface area (TPSA) is 55.1 Å².